The molecule has 2 aliphatic rings. The fourth-order valence-electron chi connectivity index (χ4n) is 3.63. The minimum Gasteiger partial charge on any atom is -0.274 e. The van der Waals surface area contributed by atoms with Crippen LogP contribution in [0.3, 0.4) is 0 Å². The number of carbonyl (C=O) groups excluding carboxylic acids is 2. The van der Waals surface area contributed by atoms with Crippen molar-refractivity contribution in [1.82, 2.24) is 0 Å². The topological polar surface area (TPSA) is 37.4 Å². The molecule has 0 radical (unpaired) electrons. The van der Waals surface area contributed by atoms with E-state index in [1.54, 1.807) is 0 Å². The van der Waals surface area contributed by atoms with E-state index in [2.05, 4.69) is 6.08 Å². The van der Waals surface area contributed by atoms with Gasteiger partial charge in [-0.25, -0.2) is 0 Å². The first-order chi connectivity index (χ1) is 11.2. The lowest BCUT2D eigenvalue weighted by atomic mass is 10.00. The molecule has 0 aromatic heterocycles. The Labute approximate surface area is 135 Å². The summed E-state index contributed by atoms with van der Waals surface area (Å²) in [5.41, 5.74) is 3.01. The molecule has 2 atom stereocenters. The lowest BCUT2D eigenvalue weighted by Crippen LogP contribution is -2.31. The Hall–Kier alpha value is -2.68. The van der Waals surface area contributed by atoms with Crippen molar-refractivity contribution in [2.75, 3.05) is 4.90 Å². The summed E-state index contributed by atoms with van der Waals surface area (Å²) in [4.78, 5) is 26.7. The van der Waals surface area contributed by atoms with Gasteiger partial charge < -0.3 is 0 Å². The van der Waals surface area contributed by atoms with Crippen molar-refractivity contribution in [2.24, 2.45) is 11.8 Å². The van der Waals surface area contributed by atoms with Gasteiger partial charge in [0.1, 0.15) is 0 Å². The van der Waals surface area contributed by atoms with Gasteiger partial charge in [-0.1, -0.05) is 60.2 Å². The second kappa shape index (κ2) is 5.51. The van der Waals surface area contributed by atoms with Gasteiger partial charge in [-0.2, -0.15) is 0 Å². The summed E-state index contributed by atoms with van der Waals surface area (Å²) in [6.45, 7) is 0. The number of benzene rings is 2. The van der Waals surface area contributed by atoms with Crippen molar-refractivity contribution in [3.05, 3.63) is 71.8 Å². The molecule has 2 fully saturated rings. The quantitative estimate of drug-likeness (QED) is 0.794. The highest BCUT2D eigenvalue weighted by atomic mass is 16.2. The second-order valence-electron chi connectivity index (χ2n) is 6.18. The van der Waals surface area contributed by atoms with Crippen LogP contribution >= 0.6 is 0 Å². The van der Waals surface area contributed by atoms with Crippen molar-refractivity contribution >= 4 is 23.6 Å². The van der Waals surface area contributed by atoms with Crippen LogP contribution in [0, 0.1) is 11.8 Å². The van der Waals surface area contributed by atoms with E-state index in [1.807, 2.05) is 60.7 Å². The summed E-state index contributed by atoms with van der Waals surface area (Å²) in [6, 6.07) is 19.3. The molecule has 2 unspecified atom stereocenters. The first-order valence-corrected chi connectivity index (χ1v) is 7.91. The standard InChI is InChI=1S/C20H17NO2/c22-19-17-12-15(11-14-7-3-1-4-8-14)13-18(17)20(23)21(19)16-9-5-2-6-10-16/h1-11,17-18H,12-13H2. The van der Waals surface area contributed by atoms with Crippen LogP contribution in [0.2, 0.25) is 0 Å². The number of rotatable bonds is 2. The van der Waals surface area contributed by atoms with Gasteiger partial charge in [0.2, 0.25) is 11.8 Å². The maximum Gasteiger partial charge on any atom is 0.238 e. The summed E-state index contributed by atoms with van der Waals surface area (Å²) in [6.07, 6.45) is 3.49. The molecule has 3 heteroatoms. The smallest absolute Gasteiger partial charge is 0.238 e. The molecule has 4 rings (SSSR count). The molecular formula is C20H17NO2. The van der Waals surface area contributed by atoms with Gasteiger partial charge in [0.05, 0.1) is 17.5 Å². The van der Waals surface area contributed by atoms with Crippen molar-refractivity contribution in [2.45, 2.75) is 12.8 Å². The lowest BCUT2D eigenvalue weighted by Gasteiger charge is -2.16. The summed E-state index contributed by atoms with van der Waals surface area (Å²) in [5.74, 6) is -0.499. The zero-order valence-corrected chi connectivity index (χ0v) is 12.7. The highest BCUT2D eigenvalue weighted by molar-refractivity contribution is 6.22. The van der Waals surface area contributed by atoms with Crippen molar-refractivity contribution in [1.29, 1.82) is 0 Å². The monoisotopic (exact) mass is 303 g/mol. The molecule has 0 spiro atoms. The molecule has 1 heterocycles. The highest BCUT2D eigenvalue weighted by Gasteiger charge is 2.51. The Kier molecular flexibility index (Phi) is 3.34. The molecule has 1 aliphatic carbocycles. The normalized spacial score (nSPS) is 23.3. The largest absolute Gasteiger partial charge is 0.274 e. The van der Waals surface area contributed by atoms with Gasteiger partial charge in [-0.15, -0.1) is 0 Å². The summed E-state index contributed by atoms with van der Waals surface area (Å²) < 4.78 is 0. The van der Waals surface area contributed by atoms with Crippen LogP contribution in [0.4, 0.5) is 5.69 Å². The third-order valence-electron chi connectivity index (χ3n) is 4.71. The number of allylic oxidation sites excluding steroid dienone is 1. The van der Waals surface area contributed by atoms with E-state index in [4.69, 9.17) is 0 Å². The number of nitrogens with zero attached hydrogens (tertiary/aromatic N) is 1. The Morgan fingerprint density at radius 2 is 1.30 bits per heavy atom. The number of amides is 2. The van der Waals surface area contributed by atoms with Crippen molar-refractivity contribution in [3.63, 3.8) is 0 Å². The number of para-hydroxylation sites is 1. The molecule has 23 heavy (non-hydrogen) atoms. The van der Waals surface area contributed by atoms with Crippen LogP contribution in [0.1, 0.15) is 18.4 Å². The fourth-order valence-corrected chi connectivity index (χ4v) is 3.63. The Morgan fingerprint density at radius 3 is 1.87 bits per heavy atom. The van der Waals surface area contributed by atoms with E-state index in [0.717, 1.165) is 5.56 Å². The van der Waals surface area contributed by atoms with E-state index >= 15 is 0 Å². The summed E-state index contributed by atoms with van der Waals surface area (Å²) in [5, 5.41) is 0. The molecule has 1 aliphatic heterocycles. The minimum atomic E-state index is -0.197. The molecule has 3 nitrogen and oxygen atoms in total. The van der Waals surface area contributed by atoms with Gasteiger partial charge in [0.15, 0.2) is 0 Å². The molecule has 1 saturated carbocycles. The predicted octanol–water partition coefficient (Wildman–Crippen LogP) is 3.67. The first-order valence-electron chi connectivity index (χ1n) is 7.91. The number of fused-ring (bicyclic) bond motifs is 1. The maximum atomic E-state index is 12.7. The SMILES string of the molecule is O=C1C2CC(=Cc3ccccc3)CC2C(=O)N1c1ccccc1. The van der Waals surface area contributed by atoms with Crippen LogP contribution < -0.4 is 4.90 Å². The average molecular weight is 303 g/mol. The Morgan fingerprint density at radius 1 is 0.783 bits per heavy atom. The summed E-state index contributed by atoms with van der Waals surface area (Å²) in [7, 11) is 0. The number of carbonyl (C=O) groups is 2. The lowest BCUT2D eigenvalue weighted by molar-refractivity contribution is -0.122. The number of anilines is 1. The van der Waals surface area contributed by atoms with E-state index < -0.39 is 0 Å². The van der Waals surface area contributed by atoms with Crippen LogP contribution in [-0.2, 0) is 9.59 Å². The highest BCUT2D eigenvalue weighted by Crippen LogP contribution is 2.44. The van der Waals surface area contributed by atoms with Gasteiger partial charge >= 0.3 is 0 Å². The molecule has 0 N–H and O–H groups in total. The van der Waals surface area contributed by atoms with Crippen LogP contribution in [0.25, 0.3) is 6.08 Å². The van der Waals surface area contributed by atoms with Crippen molar-refractivity contribution in [3.8, 4) is 0 Å². The van der Waals surface area contributed by atoms with E-state index in [9.17, 15) is 9.59 Å². The Bertz CT molecular complexity index is 754. The van der Waals surface area contributed by atoms with Crippen LogP contribution in [0.15, 0.2) is 66.2 Å². The molecule has 1 saturated heterocycles. The van der Waals surface area contributed by atoms with E-state index in [1.165, 1.54) is 10.5 Å². The fraction of sp³-hybridized carbons (Fsp3) is 0.200. The van der Waals surface area contributed by atoms with E-state index in [0.29, 0.717) is 18.5 Å². The maximum absolute atomic E-state index is 12.7. The first kappa shape index (κ1) is 13.9. The number of hydrogen-bond acceptors (Lipinski definition) is 2. The van der Waals surface area contributed by atoms with Crippen molar-refractivity contribution < 1.29 is 9.59 Å². The van der Waals surface area contributed by atoms with Gasteiger partial charge in [-0.3, -0.25) is 14.5 Å². The molecular weight excluding hydrogens is 286 g/mol. The third-order valence-corrected chi connectivity index (χ3v) is 4.71. The molecule has 2 aromatic rings. The van der Waals surface area contributed by atoms with Gasteiger partial charge in [-0.05, 0) is 30.5 Å². The van der Waals surface area contributed by atoms with E-state index in [-0.39, 0.29) is 23.7 Å². The average Bonchev–Trinajstić information content (AvgIpc) is 3.09. The minimum absolute atomic E-state index is 0.0531. The Balaban J connectivity index is 1.59. The molecule has 0 bridgehead atoms. The number of imide groups is 1. The molecule has 114 valence electrons. The third kappa shape index (κ3) is 2.38. The van der Waals surface area contributed by atoms with Gasteiger partial charge in [0, 0.05) is 0 Å². The zero-order valence-electron chi connectivity index (χ0n) is 12.7. The van der Waals surface area contributed by atoms with Crippen LogP contribution in [0.5, 0.6) is 0 Å². The van der Waals surface area contributed by atoms with Crippen LogP contribution in [-0.4, -0.2) is 11.8 Å². The zero-order chi connectivity index (χ0) is 15.8. The summed E-state index contributed by atoms with van der Waals surface area (Å²) >= 11 is 0. The number of hydrogen-bond donors (Lipinski definition) is 0. The molecule has 2 aromatic carbocycles. The second-order valence-corrected chi connectivity index (χ2v) is 6.18. The predicted molar refractivity (Wildman–Crippen MR) is 89.6 cm³/mol. The van der Waals surface area contributed by atoms with Gasteiger partial charge in [0.25, 0.3) is 0 Å². The molecule has 2 amide bonds.